The summed E-state index contributed by atoms with van der Waals surface area (Å²) < 4.78 is 28.8. The zero-order chi connectivity index (χ0) is 21.0. The second-order valence-electron chi connectivity index (χ2n) is 8.62. The minimum absolute atomic E-state index is 0.341. The van der Waals surface area contributed by atoms with Crippen molar-refractivity contribution in [2.24, 2.45) is 0 Å². The van der Waals surface area contributed by atoms with Gasteiger partial charge in [0.15, 0.2) is 0 Å². The molecular formula is C25H25N3O2S. The lowest BCUT2D eigenvalue weighted by atomic mass is 10.1. The first-order chi connectivity index (χ1) is 15.1. The molecular weight excluding hydrogens is 406 g/mol. The topological polar surface area (TPSA) is 45.6 Å². The van der Waals surface area contributed by atoms with E-state index in [1.165, 1.54) is 23.4 Å². The van der Waals surface area contributed by atoms with Crippen molar-refractivity contribution in [3.63, 3.8) is 0 Å². The summed E-state index contributed by atoms with van der Waals surface area (Å²) in [6.07, 6.45) is 4.22. The Morgan fingerprint density at radius 2 is 1.71 bits per heavy atom. The van der Waals surface area contributed by atoms with Crippen LogP contribution in [-0.2, 0) is 10.0 Å². The SMILES string of the molecule is O=S(=O)(c1cccc2ccccc12)n1ccc2ccc(N3CCN4CCC[C@@H]4C3)cc21. The molecule has 3 aromatic carbocycles. The summed E-state index contributed by atoms with van der Waals surface area (Å²) >= 11 is 0. The highest BCUT2D eigenvalue weighted by atomic mass is 32.2. The summed E-state index contributed by atoms with van der Waals surface area (Å²) in [7, 11) is -3.72. The molecule has 2 fully saturated rings. The molecule has 0 radical (unpaired) electrons. The Hall–Kier alpha value is -2.83. The molecule has 4 aromatic rings. The van der Waals surface area contributed by atoms with Gasteiger partial charge in [0.2, 0.25) is 0 Å². The number of benzene rings is 3. The molecule has 6 heteroatoms. The van der Waals surface area contributed by atoms with Crippen molar-refractivity contribution in [1.82, 2.24) is 8.87 Å². The van der Waals surface area contributed by atoms with Gasteiger partial charge in [0, 0.05) is 48.3 Å². The summed E-state index contributed by atoms with van der Waals surface area (Å²) in [4.78, 5) is 5.34. The number of nitrogens with zero attached hydrogens (tertiary/aromatic N) is 3. The Kier molecular flexibility index (Phi) is 4.33. The average Bonchev–Trinajstić information content (AvgIpc) is 3.44. The normalized spacial score (nSPS) is 19.9. The average molecular weight is 432 g/mol. The number of hydrogen-bond acceptors (Lipinski definition) is 4. The fourth-order valence-electron chi connectivity index (χ4n) is 5.25. The molecule has 0 unspecified atom stereocenters. The summed E-state index contributed by atoms with van der Waals surface area (Å²) in [5.41, 5.74) is 1.84. The van der Waals surface area contributed by atoms with Crippen LogP contribution in [0.5, 0.6) is 0 Å². The molecule has 0 saturated carbocycles. The molecule has 158 valence electrons. The molecule has 0 spiro atoms. The molecule has 0 N–H and O–H groups in total. The maximum atomic E-state index is 13.7. The predicted molar refractivity (Wildman–Crippen MR) is 125 cm³/mol. The van der Waals surface area contributed by atoms with Gasteiger partial charge in [-0.15, -0.1) is 0 Å². The van der Waals surface area contributed by atoms with Gasteiger partial charge in [-0.25, -0.2) is 12.4 Å². The third-order valence-corrected chi connectivity index (χ3v) is 8.63. The van der Waals surface area contributed by atoms with E-state index in [0.29, 0.717) is 10.9 Å². The van der Waals surface area contributed by atoms with Crippen molar-refractivity contribution in [3.8, 4) is 0 Å². The Morgan fingerprint density at radius 1 is 0.839 bits per heavy atom. The lowest BCUT2D eigenvalue weighted by molar-refractivity contribution is 0.231. The fourth-order valence-corrected chi connectivity index (χ4v) is 6.82. The number of anilines is 1. The highest BCUT2D eigenvalue weighted by Gasteiger charge is 2.31. The van der Waals surface area contributed by atoms with E-state index < -0.39 is 10.0 Å². The lowest BCUT2D eigenvalue weighted by Crippen LogP contribution is -2.50. The van der Waals surface area contributed by atoms with Crippen molar-refractivity contribution in [3.05, 3.63) is 72.9 Å². The first-order valence-corrected chi connectivity index (χ1v) is 12.4. The third-order valence-electron chi connectivity index (χ3n) is 6.88. The van der Waals surface area contributed by atoms with Crippen LogP contribution in [0.15, 0.2) is 77.8 Å². The van der Waals surface area contributed by atoms with Crippen LogP contribution in [0.4, 0.5) is 5.69 Å². The molecule has 6 rings (SSSR count). The Balaban J connectivity index is 1.44. The number of piperazine rings is 1. The molecule has 2 saturated heterocycles. The van der Waals surface area contributed by atoms with E-state index in [0.717, 1.165) is 47.0 Å². The van der Waals surface area contributed by atoms with E-state index in [4.69, 9.17) is 0 Å². The van der Waals surface area contributed by atoms with Crippen molar-refractivity contribution >= 4 is 37.4 Å². The van der Waals surface area contributed by atoms with Gasteiger partial charge in [-0.05, 0) is 49.0 Å². The minimum Gasteiger partial charge on any atom is -0.369 e. The monoisotopic (exact) mass is 431 g/mol. The Bertz CT molecular complexity index is 1390. The van der Waals surface area contributed by atoms with Crippen LogP contribution >= 0.6 is 0 Å². The smallest absolute Gasteiger partial charge is 0.268 e. The molecule has 31 heavy (non-hydrogen) atoms. The molecule has 0 amide bonds. The molecule has 3 heterocycles. The number of rotatable bonds is 3. The molecule has 0 aliphatic carbocycles. The quantitative estimate of drug-likeness (QED) is 0.485. The molecule has 0 bridgehead atoms. The van der Waals surface area contributed by atoms with E-state index >= 15 is 0 Å². The molecule has 1 atom stereocenters. The van der Waals surface area contributed by atoms with Crippen LogP contribution in [0, 0.1) is 0 Å². The van der Waals surface area contributed by atoms with Crippen molar-refractivity contribution in [1.29, 1.82) is 0 Å². The lowest BCUT2D eigenvalue weighted by Gasteiger charge is -2.38. The maximum Gasteiger partial charge on any atom is 0.268 e. The van der Waals surface area contributed by atoms with Gasteiger partial charge in [-0.1, -0.05) is 42.5 Å². The first-order valence-electron chi connectivity index (χ1n) is 10.9. The standard InChI is InChI=1S/C25H25N3O2S/c29-31(30,25-9-3-6-19-5-1-2-8-23(19)25)28-14-12-20-10-11-21(17-24(20)28)27-16-15-26-13-4-7-22(26)18-27/h1-3,5-6,8-12,14,17,22H,4,7,13,15-16,18H2/t22-/m1/s1. The third kappa shape index (κ3) is 3.05. The van der Waals surface area contributed by atoms with Crippen LogP contribution in [0.1, 0.15) is 12.8 Å². The van der Waals surface area contributed by atoms with E-state index in [2.05, 4.69) is 15.9 Å². The van der Waals surface area contributed by atoms with Gasteiger partial charge < -0.3 is 4.90 Å². The van der Waals surface area contributed by atoms with Crippen LogP contribution < -0.4 is 4.90 Å². The predicted octanol–water partition coefficient (Wildman–Crippen LogP) is 4.32. The molecule has 1 aromatic heterocycles. The number of fused-ring (bicyclic) bond motifs is 3. The van der Waals surface area contributed by atoms with Crippen LogP contribution in [0.3, 0.4) is 0 Å². The largest absolute Gasteiger partial charge is 0.369 e. The van der Waals surface area contributed by atoms with E-state index in [-0.39, 0.29) is 0 Å². The summed E-state index contributed by atoms with van der Waals surface area (Å²) in [5.74, 6) is 0. The highest BCUT2D eigenvalue weighted by molar-refractivity contribution is 7.90. The zero-order valence-corrected chi connectivity index (χ0v) is 18.1. The minimum atomic E-state index is -3.72. The van der Waals surface area contributed by atoms with Gasteiger partial charge >= 0.3 is 0 Å². The Morgan fingerprint density at radius 3 is 2.65 bits per heavy atom. The van der Waals surface area contributed by atoms with Gasteiger partial charge in [-0.2, -0.15) is 0 Å². The number of hydrogen-bond donors (Lipinski definition) is 0. The Labute approximate surface area is 182 Å². The second kappa shape index (κ2) is 7.11. The second-order valence-corrected chi connectivity index (χ2v) is 10.4. The molecule has 2 aliphatic heterocycles. The zero-order valence-electron chi connectivity index (χ0n) is 17.3. The van der Waals surface area contributed by atoms with E-state index in [1.54, 1.807) is 12.3 Å². The van der Waals surface area contributed by atoms with Gasteiger partial charge in [0.1, 0.15) is 0 Å². The van der Waals surface area contributed by atoms with E-state index in [1.807, 2.05) is 54.6 Å². The summed E-state index contributed by atoms with van der Waals surface area (Å²) in [6, 6.07) is 21.8. The van der Waals surface area contributed by atoms with Crippen LogP contribution in [0.2, 0.25) is 0 Å². The molecule has 5 nitrogen and oxygen atoms in total. The van der Waals surface area contributed by atoms with Gasteiger partial charge in [0.25, 0.3) is 10.0 Å². The van der Waals surface area contributed by atoms with E-state index in [9.17, 15) is 8.42 Å². The van der Waals surface area contributed by atoms with Crippen LogP contribution in [0.25, 0.3) is 21.7 Å². The summed E-state index contributed by atoms with van der Waals surface area (Å²) in [5, 5.41) is 2.61. The van der Waals surface area contributed by atoms with Crippen molar-refractivity contribution < 1.29 is 8.42 Å². The molecule has 2 aliphatic rings. The van der Waals surface area contributed by atoms with Crippen molar-refractivity contribution in [2.45, 2.75) is 23.8 Å². The van der Waals surface area contributed by atoms with Gasteiger partial charge in [0.05, 0.1) is 10.4 Å². The first kappa shape index (κ1) is 18.9. The van der Waals surface area contributed by atoms with Crippen LogP contribution in [-0.4, -0.2) is 49.5 Å². The highest BCUT2D eigenvalue weighted by Crippen LogP contribution is 2.31. The van der Waals surface area contributed by atoms with Crippen molar-refractivity contribution in [2.75, 3.05) is 31.1 Å². The van der Waals surface area contributed by atoms with Gasteiger partial charge in [-0.3, -0.25) is 4.90 Å². The number of aromatic nitrogens is 1. The fraction of sp³-hybridized carbons (Fsp3) is 0.280. The maximum absolute atomic E-state index is 13.7. The summed E-state index contributed by atoms with van der Waals surface area (Å²) in [6.45, 7) is 4.29.